The quantitative estimate of drug-likeness (QED) is 0.897. The lowest BCUT2D eigenvalue weighted by molar-refractivity contribution is -0.123. The van der Waals surface area contributed by atoms with E-state index in [0.29, 0.717) is 5.56 Å². The minimum atomic E-state index is -2.76. The maximum atomic E-state index is 13.2. The Morgan fingerprint density at radius 2 is 2.21 bits per heavy atom. The fourth-order valence-electron chi connectivity index (χ4n) is 2.65. The molecule has 0 spiro atoms. The van der Waals surface area contributed by atoms with Gasteiger partial charge in [-0.1, -0.05) is 0 Å². The first kappa shape index (κ1) is 18.0. The van der Waals surface area contributed by atoms with E-state index in [1.807, 2.05) is 6.07 Å². The van der Waals surface area contributed by atoms with Crippen molar-refractivity contribution in [1.82, 2.24) is 10.3 Å². The number of carbonyl (C=O) groups excluding carboxylic acids is 2. The van der Waals surface area contributed by atoms with Crippen LogP contribution in [0.5, 0.6) is 0 Å². The topological polar surface area (TPSA) is 82.9 Å². The molecule has 1 aliphatic rings. The molecule has 1 fully saturated rings. The number of alkyl halides is 2. The Morgan fingerprint density at radius 1 is 1.50 bits per heavy atom. The first-order chi connectivity index (χ1) is 11.1. The summed E-state index contributed by atoms with van der Waals surface area (Å²) in [6.45, 7) is 3.11. The maximum absolute atomic E-state index is 13.2. The predicted octanol–water partition coefficient (Wildman–Crippen LogP) is 2.66. The van der Waals surface area contributed by atoms with Gasteiger partial charge in [0.25, 0.3) is 5.91 Å². The lowest BCUT2D eigenvalue weighted by Gasteiger charge is -2.17. The van der Waals surface area contributed by atoms with E-state index < -0.39 is 29.7 Å². The van der Waals surface area contributed by atoms with Crippen LogP contribution in [-0.2, 0) is 11.2 Å². The molecule has 0 bridgehead atoms. The van der Waals surface area contributed by atoms with Crippen molar-refractivity contribution < 1.29 is 18.4 Å². The molecule has 128 valence electrons. The number of nitrogens with zero attached hydrogens (tertiary/aromatic N) is 2. The fraction of sp³-hybridized carbons (Fsp3) is 0.529. The van der Waals surface area contributed by atoms with Gasteiger partial charge in [-0.2, -0.15) is 5.26 Å². The van der Waals surface area contributed by atoms with Crippen LogP contribution in [0, 0.1) is 17.2 Å². The number of aromatic nitrogens is 1. The molecule has 1 saturated carbocycles. The highest BCUT2D eigenvalue weighted by molar-refractivity contribution is 5.93. The van der Waals surface area contributed by atoms with Crippen LogP contribution in [0.3, 0.4) is 0 Å². The largest absolute Gasteiger partial charge is 0.333 e. The molecule has 0 saturated heterocycles. The number of ketones is 1. The first-order valence-electron chi connectivity index (χ1n) is 7.71. The van der Waals surface area contributed by atoms with E-state index in [2.05, 4.69) is 10.3 Å². The molecule has 0 aromatic carbocycles. The molecule has 1 atom stereocenters. The number of rotatable bonds is 5. The Labute approximate surface area is 139 Å². The van der Waals surface area contributed by atoms with Crippen molar-refractivity contribution >= 4 is 11.7 Å². The molecular weight excluding hydrogens is 316 g/mol. The highest BCUT2D eigenvalue weighted by Gasteiger charge is 2.42. The van der Waals surface area contributed by atoms with Gasteiger partial charge in [0, 0.05) is 31.4 Å². The number of halogens is 2. The second-order valence-corrected chi connectivity index (χ2v) is 6.68. The van der Waals surface area contributed by atoms with E-state index in [1.54, 1.807) is 19.9 Å². The van der Waals surface area contributed by atoms with Crippen LogP contribution in [0.25, 0.3) is 0 Å². The van der Waals surface area contributed by atoms with Crippen LogP contribution in [0.2, 0.25) is 0 Å². The number of nitrogens with one attached hydrogen (secondary N) is 1. The van der Waals surface area contributed by atoms with Crippen LogP contribution < -0.4 is 5.32 Å². The number of Topliss-reactive ketones (excluding diaryl/α,β-unsaturated/α-hetero) is 1. The molecule has 7 heteroatoms. The second-order valence-electron chi connectivity index (χ2n) is 6.68. The molecule has 5 nitrogen and oxygen atoms in total. The Kier molecular flexibility index (Phi) is 4.97. The normalized spacial score (nSPS) is 19.5. The summed E-state index contributed by atoms with van der Waals surface area (Å²) in [7, 11) is 0. The second kappa shape index (κ2) is 6.63. The van der Waals surface area contributed by atoms with Crippen molar-refractivity contribution in [3.05, 3.63) is 29.6 Å². The molecular formula is C17H19F2N3O2. The van der Waals surface area contributed by atoms with Gasteiger partial charge < -0.3 is 5.32 Å². The number of hydrogen-bond acceptors (Lipinski definition) is 4. The van der Waals surface area contributed by atoms with Crippen molar-refractivity contribution in [1.29, 1.82) is 5.26 Å². The molecule has 0 aliphatic heterocycles. The third-order valence-corrected chi connectivity index (χ3v) is 4.00. The predicted molar refractivity (Wildman–Crippen MR) is 82.4 cm³/mol. The summed E-state index contributed by atoms with van der Waals surface area (Å²) in [6, 6.07) is 4.98. The Bertz CT molecular complexity index is 695. The van der Waals surface area contributed by atoms with Crippen LogP contribution >= 0.6 is 0 Å². The van der Waals surface area contributed by atoms with Gasteiger partial charge in [0.15, 0.2) is 0 Å². The van der Waals surface area contributed by atoms with Gasteiger partial charge in [-0.15, -0.1) is 0 Å². The lowest BCUT2D eigenvalue weighted by Crippen LogP contribution is -2.42. The SMILES string of the molecule is CC(C)(C#N)NC(=O)c1cc(CC(=O)C2CCC(F)(F)C2)ccn1. The molecule has 1 N–H and O–H groups in total. The first-order valence-corrected chi connectivity index (χ1v) is 7.71. The van der Waals surface area contributed by atoms with Crippen LogP contribution in [-0.4, -0.2) is 28.1 Å². The summed E-state index contributed by atoms with van der Waals surface area (Å²) < 4.78 is 26.4. The van der Waals surface area contributed by atoms with E-state index >= 15 is 0 Å². The van der Waals surface area contributed by atoms with Crippen LogP contribution in [0.1, 0.15) is 49.2 Å². The molecule has 1 aromatic heterocycles. The van der Waals surface area contributed by atoms with Crippen molar-refractivity contribution in [2.45, 2.75) is 51.0 Å². The number of carbonyl (C=O) groups is 2. The average molecular weight is 335 g/mol. The van der Waals surface area contributed by atoms with E-state index in [4.69, 9.17) is 5.26 Å². The molecule has 1 heterocycles. The van der Waals surface area contributed by atoms with Crippen LogP contribution in [0.15, 0.2) is 18.3 Å². The zero-order valence-corrected chi connectivity index (χ0v) is 13.6. The third kappa shape index (κ3) is 4.57. The summed E-state index contributed by atoms with van der Waals surface area (Å²) in [5, 5.41) is 11.5. The highest BCUT2D eigenvalue weighted by atomic mass is 19.3. The van der Waals surface area contributed by atoms with Gasteiger partial charge in [-0.25, -0.2) is 8.78 Å². The number of hydrogen-bond donors (Lipinski definition) is 1. The number of amides is 1. The standard InChI is InChI=1S/C17H19F2N3O2/c1-16(2,10-20)22-15(24)13-7-11(4-6-21-13)8-14(23)12-3-5-17(18,19)9-12/h4,6-7,12H,3,5,8-9H2,1-2H3,(H,22,24). The molecule has 2 rings (SSSR count). The highest BCUT2D eigenvalue weighted by Crippen LogP contribution is 2.39. The summed E-state index contributed by atoms with van der Waals surface area (Å²) in [5.74, 6) is -4.17. The zero-order chi connectivity index (χ0) is 18.0. The molecule has 1 unspecified atom stereocenters. The van der Waals surface area contributed by atoms with Gasteiger partial charge in [-0.3, -0.25) is 14.6 Å². The molecule has 1 aliphatic carbocycles. The van der Waals surface area contributed by atoms with Crippen LogP contribution in [0.4, 0.5) is 8.78 Å². The molecule has 1 amide bonds. The van der Waals surface area contributed by atoms with E-state index in [-0.39, 0.29) is 30.7 Å². The van der Waals surface area contributed by atoms with Gasteiger partial charge in [0.1, 0.15) is 17.0 Å². The summed E-state index contributed by atoms with van der Waals surface area (Å²) in [6.07, 6.45) is 0.920. The average Bonchev–Trinajstić information content (AvgIpc) is 2.87. The van der Waals surface area contributed by atoms with E-state index in [9.17, 15) is 18.4 Å². The van der Waals surface area contributed by atoms with Gasteiger partial charge in [0.05, 0.1) is 6.07 Å². The number of pyridine rings is 1. The number of nitriles is 1. The van der Waals surface area contributed by atoms with Crippen molar-refractivity contribution in [3.63, 3.8) is 0 Å². The maximum Gasteiger partial charge on any atom is 0.271 e. The smallest absolute Gasteiger partial charge is 0.271 e. The van der Waals surface area contributed by atoms with E-state index in [1.165, 1.54) is 12.3 Å². The van der Waals surface area contributed by atoms with E-state index in [0.717, 1.165) is 0 Å². The van der Waals surface area contributed by atoms with Crippen molar-refractivity contribution in [3.8, 4) is 6.07 Å². The molecule has 1 aromatic rings. The minimum absolute atomic E-state index is 0.00874. The summed E-state index contributed by atoms with van der Waals surface area (Å²) in [5.41, 5.74) is -0.412. The monoisotopic (exact) mass is 335 g/mol. The molecule has 24 heavy (non-hydrogen) atoms. The minimum Gasteiger partial charge on any atom is -0.333 e. The zero-order valence-electron chi connectivity index (χ0n) is 13.6. The summed E-state index contributed by atoms with van der Waals surface area (Å²) >= 11 is 0. The lowest BCUT2D eigenvalue weighted by atomic mass is 9.96. The van der Waals surface area contributed by atoms with Gasteiger partial charge >= 0.3 is 0 Å². The molecule has 0 radical (unpaired) electrons. The Morgan fingerprint density at radius 3 is 2.79 bits per heavy atom. The van der Waals surface area contributed by atoms with Crippen molar-refractivity contribution in [2.75, 3.05) is 0 Å². The van der Waals surface area contributed by atoms with Crippen molar-refractivity contribution in [2.24, 2.45) is 5.92 Å². The van der Waals surface area contributed by atoms with Gasteiger partial charge in [0.2, 0.25) is 5.92 Å². The Hall–Kier alpha value is -2.36. The fourth-order valence-corrected chi connectivity index (χ4v) is 2.65. The van der Waals surface area contributed by atoms with Gasteiger partial charge in [-0.05, 0) is 38.0 Å². The summed E-state index contributed by atoms with van der Waals surface area (Å²) in [4.78, 5) is 28.2. The third-order valence-electron chi connectivity index (χ3n) is 4.00. The Balaban J connectivity index is 2.04.